The minimum Gasteiger partial charge on any atom is -0.462 e. The number of esters is 3. The van der Waals surface area contributed by atoms with E-state index in [9.17, 15) is 19.2 Å². The van der Waals surface area contributed by atoms with E-state index in [0.717, 1.165) is 0 Å². The summed E-state index contributed by atoms with van der Waals surface area (Å²) in [7, 11) is 0. The first-order valence-corrected chi connectivity index (χ1v) is 7.15. The summed E-state index contributed by atoms with van der Waals surface area (Å²) in [5, 5.41) is 2.15. The molecule has 0 rings (SSSR count). The second kappa shape index (κ2) is 12.2. The molecule has 10 nitrogen and oxygen atoms in total. The Kier molecular flexibility index (Phi) is 11.0. The monoisotopic (exact) mass is 345 g/mol. The van der Waals surface area contributed by atoms with Gasteiger partial charge < -0.3 is 31.0 Å². The van der Waals surface area contributed by atoms with Gasteiger partial charge in [0.2, 0.25) is 5.91 Å². The minimum atomic E-state index is -1.16. The summed E-state index contributed by atoms with van der Waals surface area (Å²) < 4.78 is 14.4. The van der Waals surface area contributed by atoms with Gasteiger partial charge in [0.15, 0.2) is 0 Å². The first-order chi connectivity index (χ1) is 11.3. The van der Waals surface area contributed by atoms with Crippen molar-refractivity contribution in [3.63, 3.8) is 0 Å². The molecule has 5 N–H and O–H groups in total. The number of carbonyl (C=O) groups excluding carboxylic acids is 4. The van der Waals surface area contributed by atoms with E-state index in [1.165, 1.54) is 6.92 Å². The number of hydrogen-bond donors (Lipinski definition) is 3. The Bertz CT molecular complexity index is 479. The van der Waals surface area contributed by atoms with Crippen LogP contribution in [0.25, 0.3) is 0 Å². The van der Waals surface area contributed by atoms with Gasteiger partial charge >= 0.3 is 17.9 Å². The van der Waals surface area contributed by atoms with E-state index in [4.69, 9.17) is 20.9 Å². The van der Waals surface area contributed by atoms with Crippen molar-refractivity contribution in [2.75, 3.05) is 32.9 Å². The third-order valence-corrected chi connectivity index (χ3v) is 2.44. The lowest BCUT2D eigenvalue weighted by atomic mass is 10.3. The van der Waals surface area contributed by atoms with Crippen LogP contribution in [0.5, 0.6) is 0 Å². The van der Waals surface area contributed by atoms with E-state index < -0.39 is 36.4 Å². The fraction of sp³-hybridized carbons (Fsp3) is 0.571. The summed E-state index contributed by atoms with van der Waals surface area (Å²) in [6.07, 6.45) is 0.408. The topological polar surface area (TPSA) is 160 Å². The van der Waals surface area contributed by atoms with E-state index in [1.54, 1.807) is 0 Å². The Morgan fingerprint density at radius 3 is 2.46 bits per heavy atom. The standard InChI is InChI=1S/C14H23N3O7/c1-9(2)13(20)23-5-3-4-22-8-10(16)14(21)24-12(19)7-17-11(18)6-15/h10H,1,3-8,15-16H2,2H3,(H,17,18)/t10-/m0/s1. The van der Waals surface area contributed by atoms with E-state index in [1.807, 2.05) is 0 Å². The Labute approximate surface area is 139 Å². The summed E-state index contributed by atoms with van der Waals surface area (Å²) in [4.78, 5) is 44.7. The van der Waals surface area contributed by atoms with Gasteiger partial charge in [-0.05, 0) is 6.92 Å². The zero-order valence-corrected chi connectivity index (χ0v) is 13.5. The highest BCUT2D eigenvalue weighted by atomic mass is 16.6. The molecule has 0 aliphatic heterocycles. The molecule has 0 unspecified atom stereocenters. The molecule has 0 aromatic rings. The van der Waals surface area contributed by atoms with Crippen molar-refractivity contribution in [1.82, 2.24) is 5.32 Å². The quantitative estimate of drug-likeness (QED) is 0.166. The molecule has 0 aromatic heterocycles. The van der Waals surface area contributed by atoms with Crippen LogP contribution in [0.15, 0.2) is 12.2 Å². The van der Waals surface area contributed by atoms with Gasteiger partial charge in [-0.2, -0.15) is 0 Å². The van der Waals surface area contributed by atoms with Crippen molar-refractivity contribution in [2.45, 2.75) is 19.4 Å². The molecule has 24 heavy (non-hydrogen) atoms. The highest BCUT2D eigenvalue weighted by Gasteiger charge is 2.19. The van der Waals surface area contributed by atoms with Crippen LogP contribution in [0.1, 0.15) is 13.3 Å². The van der Waals surface area contributed by atoms with Crippen LogP contribution in [0.4, 0.5) is 0 Å². The molecule has 0 aliphatic carbocycles. The third-order valence-electron chi connectivity index (χ3n) is 2.44. The molecular formula is C14H23N3O7. The number of amides is 1. The van der Waals surface area contributed by atoms with Gasteiger partial charge in [0, 0.05) is 18.6 Å². The molecule has 0 aromatic carbocycles. The van der Waals surface area contributed by atoms with Crippen molar-refractivity contribution in [1.29, 1.82) is 0 Å². The highest BCUT2D eigenvalue weighted by molar-refractivity contribution is 5.91. The minimum absolute atomic E-state index is 0.144. The second-order valence-corrected chi connectivity index (χ2v) is 4.73. The summed E-state index contributed by atoms with van der Waals surface area (Å²) in [5.74, 6) is -2.98. The van der Waals surface area contributed by atoms with E-state index in [2.05, 4.69) is 16.6 Å². The fourth-order valence-corrected chi connectivity index (χ4v) is 1.19. The lowest BCUT2D eigenvalue weighted by Gasteiger charge is -2.11. The molecule has 0 aliphatic rings. The molecule has 0 saturated carbocycles. The molecule has 0 fully saturated rings. The van der Waals surface area contributed by atoms with E-state index in [-0.39, 0.29) is 26.4 Å². The predicted molar refractivity (Wildman–Crippen MR) is 82.3 cm³/mol. The highest BCUT2D eigenvalue weighted by Crippen LogP contribution is 1.95. The van der Waals surface area contributed by atoms with Crippen LogP contribution in [-0.4, -0.2) is 62.8 Å². The Balaban J connectivity index is 3.79. The largest absolute Gasteiger partial charge is 0.462 e. The van der Waals surface area contributed by atoms with Crippen molar-refractivity contribution >= 4 is 23.8 Å². The van der Waals surface area contributed by atoms with Gasteiger partial charge in [-0.1, -0.05) is 6.58 Å². The zero-order valence-electron chi connectivity index (χ0n) is 13.5. The third kappa shape index (κ3) is 10.4. The number of rotatable bonds is 11. The van der Waals surface area contributed by atoms with Gasteiger partial charge in [-0.25, -0.2) is 14.4 Å². The summed E-state index contributed by atoms with van der Waals surface area (Å²) in [6.45, 7) is 4.38. The molecular weight excluding hydrogens is 322 g/mol. The molecule has 136 valence electrons. The SMILES string of the molecule is C=C(C)C(=O)OCCCOC[C@H](N)C(=O)OC(=O)CNC(=O)CN. The number of nitrogens with one attached hydrogen (secondary N) is 1. The second-order valence-electron chi connectivity index (χ2n) is 4.73. The normalized spacial score (nSPS) is 11.3. The zero-order chi connectivity index (χ0) is 18.5. The van der Waals surface area contributed by atoms with Crippen LogP contribution in [0.3, 0.4) is 0 Å². The summed E-state index contributed by atoms with van der Waals surface area (Å²) in [5.41, 5.74) is 10.8. The molecule has 0 bridgehead atoms. The van der Waals surface area contributed by atoms with Gasteiger partial charge in [-0.3, -0.25) is 4.79 Å². The molecule has 0 heterocycles. The van der Waals surface area contributed by atoms with Crippen molar-refractivity contribution in [2.24, 2.45) is 11.5 Å². The Morgan fingerprint density at radius 2 is 1.88 bits per heavy atom. The van der Waals surface area contributed by atoms with Gasteiger partial charge in [0.1, 0.15) is 12.6 Å². The molecule has 0 spiro atoms. The van der Waals surface area contributed by atoms with Crippen LogP contribution in [0, 0.1) is 0 Å². The maximum atomic E-state index is 11.5. The first kappa shape index (κ1) is 21.7. The summed E-state index contributed by atoms with van der Waals surface area (Å²) in [6, 6.07) is -1.16. The molecule has 1 amide bonds. The average molecular weight is 345 g/mol. The molecule has 1 atom stereocenters. The first-order valence-electron chi connectivity index (χ1n) is 7.15. The van der Waals surface area contributed by atoms with Crippen LogP contribution in [-0.2, 0) is 33.4 Å². The maximum Gasteiger partial charge on any atom is 0.333 e. The lowest BCUT2D eigenvalue weighted by Crippen LogP contribution is -2.41. The summed E-state index contributed by atoms with van der Waals surface area (Å²) >= 11 is 0. The van der Waals surface area contributed by atoms with Crippen LogP contribution in [0.2, 0.25) is 0 Å². The van der Waals surface area contributed by atoms with Crippen LogP contribution < -0.4 is 16.8 Å². The molecule has 10 heteroatoms. The predicted octanol–water partition coefficient (Wildman–Crippen LogP) is -2.02. The van der Waals surface area contributed by atoms with Gasteiger partial charge in [0.05, 0.1) is 19.8 Å². The number of nitrogens with two attached hydrogens (primary N) is 2. The Hall–Kier alpha value is -2.30. The molecule has 0 saturated heterocycles. The van der Waals surface area contributed by atoms with E-state index >= 15 is 0 Å². The van der Waals surface area contributed by atoms with Crippen molar-refractivity contribution in [3.05, 3.63) is 12.2 Å². The number of ether oxygens (including phenoxy) is 3. The number of carbonyl (C=O) groups is 4. The maximum absolute atomic E-state index is 11.5. The lowest BCUT2D eigenvalue weighted by molar-refractivity contribution is -0.161. The van der Waals surface area contributed by atoms with Gasteiger partial charge in [0.25, 0.3) is 0 Å². The molecule has 0 radical (unpaired) electrons. The van der Waals surface area contributed by atoms with E-state index in [0.29, 0.717) is 12.0 Å². The Morgan fingerprint density at radius 1 is 1.21 bits per heavy atom. The van der Waals surface area contributed by atoms with Gasteiger partial charge in [-0.15, -0.1) is 0 Å². The average Bonchev–Trinajstić information content (AvgIpc) is 2.54. The smallest absolute Gasteiger partial charge is 0.333 e. The van der Waals surface area contributed by atoms with Crippen molar-refractivity contribution in [3.8, 4) is 0 Å². The van der Waals surface area contributed by atoms with Crippen molar-refractivity contribution < 1.29 is 33.4 Å². The fourth-order valence-electron chi connectivity index (χ4n) is 1.19. The van der Waals surface area contributed by atoms with Crippen LogP contribution >= 0.6 is 0 Å². The number of hydrogen-bond acceptors (Lipinski definition) is 9.